The highest BCUT2D eigenvalue weighted by Crippen LogP contribution is 1.85. The van der Waals surface area contributed by atoms with Crippen LogP contribution in [0.5, 0.6) is 0 Å². The van der Waals surface area contributed by atoms with Crippen molar-refractivity contribution in [1.82, 2.24) is 0 Å². The Morgan fingerprint density at radius 1 is 1.55 bits per heavy atom. The second-order valence-electron chi connectivity index (χ2n) is 1.62. The van der Waals surface area contributed by atoms with Crippen LogP contribution in [0, 0.1) is 0 Å². The number of thiol groups is 1. The summed E-state index contributed by atoms with van der Waals surface area (Å²) in [6.07, 6.45) is 1.68. The molecule has 0 radical (unpaired) electrons. The third-order valence-corrected chi connectivity index (χ3v) is 0.822. The summed E-state index contributed by atoms with van der Waals surface area (Å²) < 4.78 is 0. The topological polar surface area (TPSA) is 80.4 Å². The monoisotopic (exact) mass is 177 g/mol. The molecule has 0 aromatic heterocycles. The van der Waals surface area contributed by atoms with Gasteiger partial charge >= 0.3 is 5.30 Å². The van der Waals surface area contributed by atoms with E-state index in [4.69, 9.17) is 15.6 Å². The summed E-state index contributed by atoms with van der Waals surface area (Å²) in [5.74, 6) is -0.345. The highest BCUT2D eigenvalue weighted by atomic mass is 32.1. The van der Waals surface area contributed by atoms with E-state index in [1.165, 1.54) is 0 Å². The standard InChI is InChI=1S/C5H9NO.CH2O2S/c1-3-4(2)5(6)7;2-1(3)4/h3H,1-2H3,(H2,6,7);4H,(H,2,3). The van der Waals surface area contributed by atoms with Crippen LogP contribution in [0.4, 0.5) is 4.79 Å². The summed E-state index contributed by atoms with van der Waals surface area (Å²) in [7, 11) is 0. The summed E-state index contributed by atoms with van der Waals surface area (Å²) >= 11 is 2.88. The summed E-state index contributed by atoms with van der Waals surface area (Å²) in [4.78, 5) is 18.9. The number of hydrogen-bond donors (Lipinski definition) is 3. The number of carboxylic acid groups (broad SMARTS) is 1. The molecule has 0 aliphatic heterocycles. The fraction of sp³-hybridized carbons (Fsp3) is 0.333. The molecule has 0 heterocycles. The van der Waals surface area contributed by atoms with Gasteiger partial charge in [-0.2, -0.15) is 0 Å². The number of amides is 1. The van der Waals surface area contributed by atoms with E-state index in [-0.39, 0.29) is 5.91 Å². The first kappa shape index (κ1) is 12.7. The maximum absolute atomic E-state index is 10.1. The number of rotatable bonds is 1. The highest BCUT2D eigenvalue weighted by Gasteiger charge is 1.90. The Balaban J connectivity index is 0. The van der Waals surface area contributed by atoms with Gasteiger partial charge in [-0.1, -0.05) is 18.7 Å². The zero-order valence-electron chi connectivity index (χ0n) is 6.37. The van der Waals surface area contributed by atoms with Crippen LogP contribution in [-0.2, 0) is 4.79 Å². The van der Waals surface area contributed by atoms with Crippen molar-refractivity contribution in [2.45, 2.75) is 13.8 Å². The van der Waals surface area contributed by atoms with Gasteiger partial charge in [-0.15, -0.1) is 0 Å². The van der Waals surface area contributed by atoms with Crippen LogP contribution in [-0.4, -0.2) is 16.3 Å². The molecule has 0 bridgehead atoms. The molecule has 64 valence electrons. The first-order chi connectivity index (χ1) is 4.91. The summed E-state index contributed by atoms with van der Waals surface area (Å²) in [6, 6.07) is 0. The van der Waals surface area contributed by atoms with Crippen LogP contribution in [0.3, 0.4) is 0 Å². The zero-order chi connectivity index (χ0) is 9.44. The minimum Gasteiger partial charge on any atom is -0.473 e. The van der Waals surface area contributed by atoms with Crippen LogP contribution in [0.15, 0.2) is 11.6 Å². The molecule has 0 rings (SSSR count). The van der Waals surface area contributed by atoms with Crippen LogP contribution in [0.25, 0.3) is 0 Å². The second kappa shape index (κ2) is 7.14. The van der Waals surface area contributed by atoms with Crippen molar-refractivity contribution in [2.75, 3.05) is 0 Å². The van der Waals surface area contributed by atoms with Gasteiger partial charge in [0.25, 0.3) is 0 Å². The Labute approximate surface area is 70.5 Å². The lowest BCUT2D eigenvalue weighted by Crippen LogP contribution is -2.10. The quantitative estimate of drug-likeness (QED) is 0.413. The van der Waals surface area contributed by atoms with Gasteiger partial charge in [0.15, 0.2) is 0 Å². The fourth-order valence-corrected chi connectivity index (χ4v) is 0.142. The molecule has 11 heavy (non-hydrogen) atoms. The van der Waals surface area contributed by atoms with Gasteiger partial charge in [0.1, 0.15) is 0 Å². The molecular weight excluding hydrogens is 166 g/mol. The molecule has 0 aromatic carbocycles. The minimum atomic E-state index is -1.14. The van der Waals surface area contributed by atoms with Crippen molar-refractivity contribution in [3.05, 3.63) is 11.6 Å². The molecule has 0 unspecified atom stereocenters. The Morgan fingerprint density at radius 2 is 1.82 bits per heavy atom. The predicted molar refractivity (Wildman–Crippen MR) is 45.6 cm³/mol. The normalized spacial score (nSPS) is 9.55. The maximum atomic E-state index is 10.1. The van der Waals surface area contributed by atoms with Gasteiger partial charge in [0, 0.05) is 5.57 Å². The number of nitrogens with two attached hydrogens (primary N) is 1. The van der Waals surface area contributed by atoms with Gasteiger partial charge in [-0.25, -0.2) is 4.79 Å². The summed E-state index contributed by atoms with van der Waals surface area (Å²) in [5.41, 5.74) is 5.45. The number of hydrogen-bond acceptors (Lipinski definition) is 2. The van der Waals surface area contributed by atoms with Crippen molar-refractivity contribution in [3.63, 3.8) is 0 Å². The molecule has 0 aliphatic rings. The summed E-state index contributed by atoms with van der Waals surface area (Å²) in [6.45, 7) is 3.46. The van der Waals surface area contributed by atoms with Crippen molar-refractivity contribution in [2.24, 2.45) is 5.73 Å². The first-order valence-electron chi connectivity index (χ1n) is 2.76. The van der Waals surface area contributed by atoms with E-state index < -0.39 is 5.30 Å². The molecule has 0 aromatic rings. The Morgan fingerprint density at radius 3 is 1.82 bits per heavy atom. The summed E-state index contributed by atoms with van der Waals surface area (Å²) in [5, 5.41) is 6.14. The molecule has 0 saturated heterocycles. The van der Waals surface area contributed by atoms with Crippen molar-refractivity contribution in [3.8, 4) is 0 Å². The molecule has 0 saturated carbocycles. The first-order valence-corrected chi connectivity index (χ1v) is 3.21. The maximum Gasteiger partial charge on any atom is 0.361 e. The predicted octanol–water partition coefficient (Wildman–Crippen LogP) is 1.03. The molecule has 0 spiro atoms. The Kier molecular flexibility index (Phi) is 8.23. The Bertz CT molecular complexity index is 173. The van der Waals surface area contributed by atoms with E-state index in [1.54, 1.807) is 19.9 Å². The largest absolute Gasteiger partial charge is 0.473 e. The smallest absolute Gasteiger partial charge is 0.361 e. The van der Waals surface area contributed by atoms with Gasteiger partial charge in [-0.3, -0.25) is 4.79 Å². The molecular formula is C6H11NO3S. The average molecular weight is 177 g/mol. The van der Waals surface area contributed by atoms with Gasteiger partial charge in [0.05, 0.1) is 0 Å². The van der Waals surface area contributed by atoms with Gasteiger partial charge in [-0.05, 0) is 13.8 Å². The molecule has 0 fully saturated rings. The highest BCUT2D eigenvalue weighted by molar-refractivity contribution is 7.96. The fourth-order valence-electron chi connectivity index (χ4n) is 0.142. The second-order valence-corrected chi connectivity index (χ2v) is 2.00. The number of carbonyl (C=O) groups is 2. The lowest BCUT2D eigenvalue weighted by atomic mass is 10.3. The van der Waals surface area contributed by atoms with E-state index in [9.17, 15) is 4.79 Å². The van der Waals surface area contributed by atoms with E-state index in [1.807, 2.05) is 0 Å². The SMILES string of the molecule is CC=C(C)C(N)=O.O=C(O)S. The molecule has 5 heteroatoms. The third kappa shape index (κ3) is 17.6. The van der Waals surface area contributed by atoms with E-state index in [0.29, 0.717) is 5.57 Å². The van der Waals surface area contributed by atoms with Crippen LogP contribution in [0.1, 0.15) is 13.8 Å². The molecule has 1 amide bonds. The van der Waals surface area contributed by atoms with Gasteiger partial charge < -0.3 is 10.8 Å². The molecule has 0 atom stereocenters. The number of primary amides is 1. The number of carbonyl (C=O) groups excluding carboxylic acids is 1. The Hall–Kier alpha value is -0.970. The zero-order valence-corrected chi connectivity index (χ0v) is 7.26. The van der Waals surface area contributed by atoms with E-state index in [2.05, 4.69) is 12.6 Å². The van der Waals surface area contributed by atoms with E-state index >= 15 is 0 Å². The minimum absolute atomic E-state index is 0.345. The molecule has 4 nitrogen and oxygen atoms in total. The van der Waals surface area contributed by atoms with Gasteiger partial charge in [0.2, 0.25) is 5.91 Å². The third-order valence-electron chi connectivity index (χ3n) is 0.822. The van der Waals surface area contributed by atoms with E-state index in [0.717, 1.165) is 0 Å². The van der Waals surface area contributed by atoms with Crippen LogP contribution in [0.2, 0.25) is 0 Å². The van der Waals surface area contributed by atoms with Crippen molar-refractivity contribution >= 4 is 23.8 Å². The van der Waals surface area contributed by atoms with Crippen LogP contribution < -0.4 is 5.73 Å². The molecule has 3 N–H and O–H groups in total. The van der Waals surface area contributed by atoms with Crippen molar-refractivity contribution in [1.29, 1.82) is 0 Å². The average Bonchev–Trinajstić information content (AvgIpc) is 1.85. The van der Waals surface area contributed by atoms with Crippen molar-refractivity contribution < 1.29 is 14.7 Å². The van der Waals surface area contributed by atoms with Crippen LogP contribution >= 0.6 is 12.6 Å². The lowest BCUT2D eigenvalue weighted by molar-refractivity contribution is -0.114. The number of allylic oxidation sites excluding steroid dienone is 1. The lowest BCUT2D eigenvalue weighted by Gasteiger charge is -1.85. The molecule has 0 aliphatic carbocycles.